The molecule has 0 aliphatic carbocycles. The van der Waals surface area contributed by atoms with E-state index in [1.165, 1.54) is 0 Å². The van der Waals surface area contributed by atoms with Crippen LogP contribution in [-0.4, -0.2) is 58.6 Å². The van der Waals surface area contributed by atoms with Crippen molar-refractivity contribution in [1.82, 2.24) is 20.7 Å². The molecular formula is C17H24N4O4. The summed E-state index contributed by atoms with van der Waals surface area (Å²) in [6.45, 7) is 1.45. The number of rotatable bonds is 6. The van der Waals surface area contributed by atoms with Gasteiger partial charge >= 0.3 is 5.97 Å². The van der Waals surface area contributed by atoms with Gasteiger partial charge in [0.05, 0.1) is 12.6 Å². The molecule has 1 aromatic heterocycles. The molecule has 0 bridgehead atoms. The van der Waals surface area contributed by atoms with Crippen molar-refractivity contribution in [3.05, 3.63) is 24.5 Å². The molecule has 0 radical (unpaired) electrons. The normalized spacial score (nSPS) is 24.2. The van der Waals surface area contributed by atoms with Crippen molar-refractivity contribution < 1.29 is 19.4 Å². The van der Waals surface area contributed by atoms with E-state index in [-0.39, 0.29) is 31.0 Å². The van der Waals surface area contributed by atoms with Gasteiger partial charge in [-0.3, -0.25) is 25.4 Å². The molecule has 2 unspecified atom stereocenters. The largest absolute Gasteiger partial charge is 0.482 e. The first-order valence-corrected chi connectivity index (χ1v) is 8.65. The summed E-state index contributed by atoms with van der Waals surface area (Å²) < 4.78 is 5.47. The summed E-state index contributed by atoms with van der Waals surface area (Å²) in [4.78, 5) is 28.8. The summed E-state index contributed by atoms with van der Waals surface area (Å²) in [5.41, 5.74) is 6.29. The van der Waals surface area contributed by atoms with Crippen LogP contribution in [0.25, 0.3) is 0 Å². The lowest BCUT2D eigenvalue weighted by molar-refractivity contribution is -0.137. The number of hydrazine groups is 1. The second-order valence-electron chi connectivity index (χ2n) is 6.62. The van der Waals surface area contributed by atoms with Gasteiger partial charge < -0.3 is 14.7 Å². The smallest absolute Gasteiger partial charge is 0.304 e. The van der Waals surface area contributed by atoms with E-state index in [1.807, 2.05) is 4.90 Å². The Hall–Kier alpha value is -2.19. The number of nitrogens with zero attached hydrogens (tertiary/aromatic N) is 2. The lowest BCUT2D eigenvalue weighted by Gasteiger charge is -2.34. The van der Waals surface area contributed by atoms with E-state index in [2.05, 4.69) is 15.8 Å². The maximum absolute atomic E-state index is 12.3. The van der Waals surface area contributed by atoms with Gasteiger partial charge in [0, 0.05) is 31.4 Å². The molecule has 0 spiro atoms. The number of nitrogens with one attached hydrogen (secondary N) is 2. The lowest BCUT2D eigenvalue weighted by Crippen LogP contribution is -2.45. The molecule has 2 aliphatic heterocycles. The Morgan fingerprint density at radius 2 is 2.12 bits per heavy atom. The van der Waals surface area contributed by atoms with Crippen LogP contribution in [0.5, 0.6) is 5.75 Å². The molecule has 2 atom stereocenters. The average Bonchev–Trinajstić information content (AvgIpc) is 3.08. The molecule has 2 fully saturated rings. The van der Waals surface area contributed by atoms with Gasteiger partial charge in [0.2, 0.25) is 0 Å². The summed E-state index contributed by atoms with van der Waals surface area (Å²) in [5.74, 6) is 0.253. The fraction of sp³-hybridized carbons (Fsp3) is 0.588. The fourth-order valence-electron chi connectivity index (χ4n) is 3.52. The topological polar surface area (TPSA) is 104 Å². The number of hydrogen-bond acceptors (Lipinski definition) is 6. The van der Waals surface area contributed by atoms with Crippen LogP contribution in [0, 0.1) is 5.92 Å². The van der Waals surface area contributed by atoms with Crippen LogP contribution in [0.15, 0.2) is 24.5 Å². The van der Waals surface area contributed by atoms with Gasteiger partial charge in [0.15, 0.2) is 6.61 Å². The minimum absolute atomic E-state index is 0.0106. The van der Waals surface area contributed by atoms with Crippen LogP contribution < -0.4 is 15.6 Å². The third kappa shape index (κ3) is 4.90. The maximum Gasteiger partial charge on any atom is 0.304 e. The second kappa shape index (κ2) is 8.26. The first kappa shape index (κ1) is 17.6. The van der Waals surface area contributed by atoms with E-state index in [9.17, 15) is 9.59 Å². The average molecular weight is 348 g/mol. The lowest BCUT2D eigenvalue weighted by atomic mass is 9.87. The predicted octanol–water partition coefficient (Wildman–Crippen LogP) is 0.409. The number of aromatic nitrogens is 1. The van der Waals surface area contributed by atoms with Crippen LogP contribution >= 0.6 is 0 Å². The summed E-state index contributed by atoms with van der Waals surface area (Å²) in [7, 11) is 0. The molecule has 25 heavy (non-hydrogen) atoms. The summed E-state index contributed by atoms with van der Waals surface area (Å²) in [5, 5.41) is 8.87. The van der Waals surface area contributed by atoms with E-state index < -0.39 is 5.97 Å². The van der Waals surface area contributed by atoms with E-state index in [0.29, 0.717) is 24.8 Å². The highest BCUT2D eigenvalue weighted by molar-refractivity contribution is 5.77. The minimum atomic E-state index is -0.783. The number of likely N-dealkylation sites (tertiary alicyclic amines) is 1. The van der Waals surface area contributed by atoms with Crippen molar-refractivity contribution in [3.8, 4) is 5.75 Å². The van der Waals surface area contributed by atoms with Crippen LogP contribution in [-0.2, 0) is 9.59 Å². The highest BCUT2D eigenvalue weighted by Crippen LogP contribution is 2.26. The Labute approximate surface area is 146 Å². The van der Waals surface area contributed by atoms with E-state index in [4.69, 9.17) is 9.84 Å². The van der Waals surface area contributed by atoms with Gasteiger partial charge in [-0.2, -0.15) is 0 Å². The van der Waals surface area contributed by atoms with E-state index in [0.717, 1.165) is 19.3 Å². The number of carbonyl (C=O) groups excluding carboxylic acids is 1. The monoisotopic (exact) mass is 348 g/mol. The molecule has 3 N–H and O–H groups in total. The summed E-state index contributed by atoms with van der Waals surface area (Å²) >= 11 is 0. The van der Waals surface area contributed by atoms with Crippen molar-refractivity contribution in [1.29, 1.82) is 0 Å². The second-order valence-corrected chi connectivity index (χ2v) is 6.62. The number of piperidine rings is 1. The van der Waals surface area contributed by atoms with Crippen molar-refractivity contribution in [2.75, 3.05) is 19.7 Å². The van der Waals surface area contributed by atoms with Crippen LogP contribution in [0.1, 0.15) is 25.7 Å². The molecule has 2 aliphatic rings. The Bertz CT molecular complexity index is 590. The minimum Gasteiger partial charge on any atom is -0.482 e. The molecule has 1 aromatic rings. The zero-order valence-electron chi connectivity index (χ0n) is 14.1. The number of carbonyl (C=O) groups is 2. The number of hydrogen-bond donors (Lipinski definition) is 3. The van der Waals surface area contributed by atoms with Crippen molar-refractivity contribution in [2.24, 2.45) is 5.92 Å². The zero-order valence-corrected chi connectivity index (χ0v) is 14.1. The molecule has 8 nitrogen and oxygen atoms in total. The molecule has 1 amide bonds. The van der Waals surface area contributed by atoms with E-state index >= 15 is 0 Å². The number of aliphatic carboxylic acids is 1. The van der Waals surface area contributed by atoms with Gasteiger partial charge in [-0.15, -0.1) is 0 Å². The standard InChI is InChI=1S/C17H24N4O4/c22-16(11-25-14-2-1-5-18-10-14)21-6-3-12(4-7-21)15-8-13(19-20-15)9-17(23)24/h1-2,5,10,12-13,15,19-20H,3-4,6-9,11H2,(H,23,24). The molecule has 8 heteroatoms. The summed E-state index contributed by atoms with van der Waals surface area (Å²) in [6, 6.07) is 3.80. The van der Waals surface area contributed by atoms with Crippen molar-refractivity contribution in [3.63, 3.8) is 0 Å². The zero-order chi connectivity index (χ0) is 17.6. The fourth-order valence-corrected chi connectivity index (χ4v) is 3.52. The number of pyridine rings is 1. The van der Waals surface area contributed by atoms with Gasteiger partial charge in [-0.05, 0) is 37.3 Å². The molecular weight excluding hydrogens is 324 g/mol. The first-order chi connectivity index (χ1) is 12.1. The highest BCUT2D eigenvalue weighted by Gasteiger charge is 2.34. The number of ether oxygens (including phenoxy) is 1. The Kier molecular flexibility index (Phi) is 5.83. The Morgan fingerprint density at radius 1 is 1.32 bits per heavy atom. The van der Waals surface area contributed by atoms with Crippen molar-refractivity contribution in [2.45, 2.75) is 37.8 Å². The number of carboxylic acid groups (broad SMARTS) is 1. The molecule has 2 saturated heterocycles. The molecule has 136 valence electrons. The molecule has 0 aromatic carbocycles. The SMILES string of the molecule is O=C(O)CC1CC(C2CCN(C(=O)COc3cccnc3)CC2)NN1. The maximum atomic E-state index is 12.3. The van der Waals surface area contributed by atoms with Gasteiger partial charge in [-0.25, -0.2) is 0 Å². The van der Waals surface area contributed by atoms with Crippen LogP contribution in [0.3, 0.4) is 0 Å². The Morgan fingerprint density at radius 3 is 2.80 bits per heavy atom. The van der Waals surface area contributed by atoms with Gasteiger partial charge in [0.25, 0.3) is 5.91 Å². The van der Waals surface area contributed by atoms with Gasteiger partial charge in [-0.1, -0.05) is 0 Å². The summed E-state index contributed by atoms with van der Waals surface area (Å²) in [6.07, 6.45) is 6.02. The van der Waals surface area contributed by atoms with Crippen LogP contribution in [0.4, 0.5) is 0 Å². The molecule has 3 rings (SSSR count). The quantitative estimate of drug-likeness (QED) is 0.684. The third-order valence-corrected chi connectivity index (χ3v) is 4.89. The van der Waals surface area contributed by atoms with Crippen molar-refractivity contribution >= 4 is 11.9 Å². The van der Waals surface area contributed by atoms with Crippen LogP contribution in [0.2, 0.25) is 0 Å². The number of carboxylic acids is 1. The Balaban J connectivity index is 1.40. The third-order valence-electron chi connectivity index (χ3n) is 4.89. The number of amides is 1. The van der Waals surface area contributed by atoms with Gasteiger partial charge in [0.1, 0.15) is 5.75 Å². The molecule has 3 heterocycles. The highest BCUT2D eigenvalue weighted by atomic mass is 16.5. The van der Waals surface area contributed by atoms with E-state index in [1.54, 1.807) is 24.5 Å². The molecule has 0 saturated carbocycles. The predicted molar refractivity (Wildman–Crippen MR) is 89.8 cm³/mol. The first-order valence-electron chi connectivity index (χ1n) is 8.65.